The van der Waals surface area contributed by atoms with Crippen LogP contribution in [0.2, 0.25) is 0 Å². The van der Waals surface area contributed by atoms with Crippen LogP contribution in [0.4, 0.5) is 0 Å². The van der Waals surface area contributed by atoms with Gasteiger partial charge in [-0.05, 0) is 40.0 Å². The van der Waals surface area contributed by atoms with Crippen LogP contribution in [0.5, 0.6) is 11.5 Å². The molecule has 0 saturated heterocycles. The summed E-state index contributed by atoms with van der Waals surface area (Å²) in [6.45, 7) is 1.61. The minimum Gasteiger partial charge on any atom is -0.504 e. The lowest BCUT2D eigenvalue weighted by Crippen LogP contribution is -1.99. The van der Waals surface area contributed by atoms with Crippen LogP contribution in [0.25, 0.3) is 0 Å². The number of benzene rings is 1. The molecule has 0 bridgehead atoms. The van der Waals surface area contributed by atoms with Crippen molar-refractivity contribution >= 4 is 35.7 Å². The fraction of sp³-hybridized carbons (Fsp3) is 0.250. The molecule has 0 unspecified atom stereocenters. The predicted octanol–water partition coefficient (Wildman–Crippen LogP) is 2.24. The fourth-order valence-electron chi connectivity index (χ4n) is 1.14. The SMILES string of the molecule is Cc1cc(O)c(O)c(Br)c1CS(=O)(=O)Cl. The van der Waals surface area contributed by atoms with Crippen molar-refractivity contribution in [2.75, 3.05) is 0 Å². The molecule has 0 fully saturated rings. The Balaban J connectivity index is 3.37. The minimum atomic E-state index is -3.70. The molecular formula is C8H8BrClO4S. The van der Waals surface area contributed by atoms with Crippen LogP contribution in [-0.4, -0.2) is 18.6 Å². The highest BCUT2D eigenvalue weighted by molar-refractivity contribution is 9.10. The Hall–Kier alpha value is -0.460. The van der Waals surface area contributed by atoms with E-state index >= 15 is 0 Å². The van der Waals surface area contributed by atoms with Crippen molar-refractivity contribution in [1.29, 1.82) is 0 Å². The summed E-state index contributed by atoms with van der Waals surface area (Å²) >= 11 is 3.00. The van der Waals surface area contributed by atoms with Gasteiger partial charge in [0.1, 0.15) is 0 Å². The zero-order valence-corrected chi connectivity index (χ0v) is 10.8. The standard InChI is InChI=1S/C8H8BrClO4S/c1-4-2-6(11)8(12)7(9)5(4)3-15(10,13)14/h2,11-12H,3H2,1H3. The highest BCUT2D eigenvalue weighted by Crippen LogP contribution is 2.38. The maximum Gasteiger partial charge on any atom is 0.236 e. The molecule has 15 heavy (non-hydrogen) atoms. The van der Waals surface area contributed by atoms with Gasteiger partial charge in [-0.2, -0.15) is 0 Å². The van der Waals surface area contributed by atoms with Gasteiger partial charge in [-0.25, -0.2) is 8.42 Å². The zero-order chi connectivity index (χ0) is 11.8. The van der Waals surface area contributed by atoms with E-state index in [4.69, 9.17) is 10.7 Å². The molecule has 4 nitrogen and oxygen atoms in total. The van der Waals surface area contributed by atoms with E-state index in [2.05, 4.69) is 15.9 Å². The molecule has 0 aliphatic rings. The quantitative estimate of drug-likeness (QED) is 0.648. The molecule has 0 radical (unpaired) electrons. The number of rotatable bonds is 2. The van der Waals surface area contributed by atoms with Crippen LogP contribution in [0.1, 0.15) is 11.1 Å². The monoisotopic (exact) mass is 314 g/mol. The summed E-state index contributed by atoms with van der Waals surface area (Å²) in [6.07, 6.45) is 0. The topological polar surface area (TPSA) is 74.6 Å². The molecule has 84 valence electrons. The summed E-state index contributed by atoms with van der Waals surface area (Å²) in [5, 5.41) is 18.6. The third kappa shape index (κ3) is 2.99. The Morgan fingerprint density at radius 1 is 1.47 bits per heavy atom. The third-order valence-electron chi connectivity index (χ3n) is 1.86. The van der Waals surface area contributed by atoms with Gasteiger partial charge in [0.05, 0.1) is 10.2 Å². The number of phenolic OH excluding ortho intramolecular Hbond substituents is 2. The molecule has 0 heterocycles. The number of hydrogen-bond acceptors (Lipinski definition) is 4. The lowest BCUT2D eigenvalue weighted by atomic mass is 10.1. The van der Waals surface area contributed by atoms with E-state index in [1.54, 1.807) is 6.92 Å². The van der Waals surface area contributed by atoms with Gasteiger partial charge in [0, 0.05) is 10.7 Å². The molecule has 0 atom stereocenters. The summed E-state index contributed by atoms with van der Waals surface area (Å²) in [5.41, 5.74) is 0.863. The fourth-order valence-corrected chi connectivity index (χ4v) is 3.02. The predicted molar refractivity (Wildman–Crippen MR) is 60.7 cm³/mol. The van der Waals surface area contributed by atoms with Crippen LogP contribution in [0.3, 0.4) is 0 Å². The number of aromatic hydroxyl groups is 2. The molecule has 0 spiro atoms. The summed E-state index contributed by atoms with van der Waals surface area (Å²) in [4.78, 5) is 0. The van der Waals surface area contributed by atoms with Crippen LogP contribution >= 0.6 is 26.6 Å². The van der Waals surface area contributed by atoms with Crippen LogP contribution in [-0.2, 0) is 14.8 Å². The second-order valence-corrected chi connectivity index (χ2v) is 6.61. The van der Waals surface area contributed by atoms with E-state index in [0.717, 1.165) is 0 Å². The molecule has 0 saturated carbocycles. The van der Waals surface area contributed by atoms with Crippen LogP contribution < -0.4 is 0 Å². The number of hydrogen-bond donors (Lipinski definition) is 2. The van der Waals surface area contributed by atoms with Crippen LogP contribution in [0.15, 0.2) is 10.5 Å². The second-order valence-electron chi connectivity index (χ2n) is 3.04. The van der Waals surface area contributed by atoms with Crippen molar-refractivity contribution in [2.24, 2.45) is 0 Å². The lowest BCUT2D eigenvalue weighted by Gasteiger charge is -2.09. The van der Waals surface area contributed by atoms with Crippen molar-refractivity contribution in [1.82, 2.24) is 0 Å². The minimum absolute atomic E-state index is 0.143. The molecule has 7 heteroatoms. The van der Waals surface area contributed by atoms with Gasteiger partial charge >= 0.3 is 0 Å². The van der Waals surface area contributed by atoms with Gasteiger partial charge in [-0.1, -0.05) is 0 Å². The van der Waals surface area contributed by atoms with E-state index in [1.165, 1.54) is 6.07 Å². The molecule has 1 rings (SSSR count). The normalized spacial score (nSPS) is 11.7. The van der Waals surface area contributed by atoms with E-state index < -0.39 is 20.6 Å². The Kier molecular flexibility index (Phi) is 3.52. The highest BCUT2D eigenvalue weighted by Gasteiger charge is 2.17. The largest absolute Gasteiger partial charge is 0.504 e. The molecule has 0 amide bonds. The van der Waals surface area contributed by atoms with Gasteiger partial charge in [0.25, 0.3) is 0 Å². The molecular weight excluding hydrogens is 308 g/mol. The van der Waals surface area contributed by atoms with E-state index in [1.807, 2.05) is 0 Å². The highest BCUT2D eigenvalue weighted by atomic mass is 79.9. The zero-order valence-electron chi connectivity index (χ0n) is 7.66. The third-order valence-corrected chi connectivity index (χ3v) is 3.68. The van der Waals surface area contributed by atoms with Gasteiger partial charge in [-0.15, -0.1) is 0 Å². The van der Waals surface area contributed by atoms with Crippen molar-refractivity contribution in [3.63, 3.8) is 0 Å². The molecule has 1 aromatic rings. The Bertz CT molecular complexity index is 498. The van der Waals surface area contributed by atoms with E-state index in [0.29, 0.717) is 11.1 Å². The molecule has 0 aliphatic heterocycles. The number of aryl methyl sites for hydroxylation is 1. The number of halogens is 2. The van der Waals surface area contributed by atoms with Crippen molar-refractivity contribution in [3.05, 3.63) is 21.7 Å². The number of phenols is 2. The smallest absolute Gasteiger partial charge is 0.236 e. The summed E-state index contributed by atoms with van der Waals surface area (Å²) in [7, 11) is 1.41. The van der Waals surface area contributed by atoms with Crippen molar-refractivity contribution in [2.45, 2.75) is 12.7 Å². The summed E-state index contributed by atoms with van der Waals surface area (Å²) < 4.78 is 21.9. The molecule has 2 N–H and O–H groups in total. The van der Waals surface area contributed by atoms with E-state index in [9.17, 15) is 18.6 Å². The lowest BCUT2D eigenvalue weighted by molar-refractivity contribution is 0.400. The van der Waals surface area contributed by atoms with Gasteiger partial charge in [-0.3, -0.25) is 0 Å². The first-order valence-electron chi connectivity index (χ1n) is 3.84. The second kappa shape index (κ2) is 4.19. The first kappa shape index (κ1) is 12.6. The van der Waals surface area contributed by atoms with E-state index in [-0.39, 0.29) is 10.2 Å². The van der Waals surface area contributed by atoms with Crippen LogP contribution in [0, 0.1) is 6.92 Å². The average Bonchev–Trinajstić information content (AvgIpc) is 2.07. The maximum atomic E-state index is 10.9. The van der Waals surface area contributed by atoms with Crippen molar-refractivity contribution < 1.29 is 18.6 Å². The summed E-state index contributed by atoms with van der Waals surface area (Å²) in [5.74, 6) is -1.11. The Morgan fingerprint density at radius 3 is 2.47 bits per heavy atom. The first-order valence-corrected chi connectivity index (χ1v) is 7.11. The summed E-state index contributed by atoms with van der Waals surface area (Å²) in [6, 6.07) is 1.28. The van der Waals surface area contributed by atoms with Gasteiger partial charge in [0.2, 0.25) is 9.05 Å². The molecule has 1 aromatic carbocycles. The Labute approximate surface area is 100 Å². The maximum absolute atomic E-state index is 10.9. The molecule has 0 aliphatic carbocycles. The van der Waals surface area contributed by atoms with Crippen molar-refractivity contribution in [3.8, 4) is 11.5 Å². The first-order chi connectivity index (χ1) is 6.72. The van der Waals surface area contributed by atoms with Gasteiger partial charge < -0.3 is 10.2 Å². The average molecular weight is 316 g/mol. The Morgan fingerprint density at radius 2 is 2.00 bits per heavy atom. The molecule has 0 aromatic heterocycles. The van der Waals surface area contributed by atoms with Gasteiger partial charge in [0.15, 0.2) is 11.5 Å².